The molecular weight excluding hydrogens is 202 g/mol. The van der Waals surface area contributed by atoms with Crippen molar-refractivity contribution in [3.8, 4) is 0 Å². The smallest absolute Gasteiger partial charge is 0.225 e. The quantitative estimate of drug-likeness (QED) is 0.671. The molecule has 80 valence electrons. The SMILES string of the molecule is CCS(=O)(=O)C1CN(C(=O)C2CC2)C1. The summed E-state index contributed by atoms with van der Waals surface area (Å²) in [5, 5.41) is -0.296. The van der Waals surface area contributed by atoms with E-state index in [-0.39, 0.29) is 22.8 Å². The molecule has 2 rings (SSSR count). The van der Waals surface area contributed by atoms with Crippen LogP contribution < -0.4 is 0 Å². The highest BCUT2D eigenvalue weighted by Gasteiger charge is 2.43. The van der Waals surface area contributed by atoms with Crippen molar-refractivity contribution in [2.75, 3.05) is 18.8 Å². The lowest BCUT2D eigenvalue weighted by molar-refractivity contribution is -0.135. The molecule has 1 aliphatic heterocycles. The highest BCUT2D eigenvalue weighted by Crippen LogP contribution is 2.33. The highest BCUT2D eigenvalue weighted by molar-refractivity contribution is 7.92. The summed E-state index contributed by atoms with van der Waals surface area (Å²) in [6.07, 6.45) is 1.97. The van der Waals surface area contributed by atoms with Gasteiger partial charge in [-0.1, -0.05) is 6.92 Å². The number of carbonyl (C=O) groups excluding carboxylic acids is 1. The maximum Gasteiger partial charge on any atom is 0.225 e. The first-order valence-electron chi connectivity index (χ1n) is 5.05. The van der Waals surface area contributed by atoms with Crippen LogP contribution in [0, 0.1) is 5.92 Å². The van der Waals surface area contributed by atoms with E-state index < -0.39 is 9.84 Å². The minimum absolute atomic E-state index is 0.160. The molecule has 4 nitrogen and oxygen atoms in total. The fraction of sp³-hybridized carbons (Fsp3) is 0.889. The first-order chi connectivity index (χ1) is 6.54. The van der Waals surface area contributed by atoms with Crippen LogP contribution in [0.4, 0.5) is 0 Å². The summed E-state index contributed by atoms with van der Waals surface area (Å²) in [5.74, 6) is 0.552. The van der Waals surface area contributed by atoms with E-state index in [0.29, 0.717) is 13.1 Å². The Morgan fingerprint density at radius 2 is 1.93 bits per heavy atom. The maximum absolute atomic E-state index is 11.5. The van der Waals surface area contributed by atoms with Gasteiger partial charge in [0.2, 0.25) is 5.91 Å². The van der Waals surface area contributed by atoms with Crippen LogP contribution in [0.5, 0.6) is 0 Å². The van der Waals surface area contributed by atoms with Gasteiger partial charge in [0.05, 0.1) is 5.25 Å². The topological polar surface area (TPSA) is 54.5 Å². The molecular formula is C9H15NO3S. The number of sulfone groups is 1. The fourth-order valence-corrected chi connectivity index (χ4v) is 2.95. The van der Waals surface area contributed by atoms with Crippen LogP contribution in [-0.2, 0) is 14.6 Å². The van der Waals surface area contributed by atoms with E-state index in [2.05, 4.69) is 0 Å². The van der Waals surface area contributed by atoms with Gasteiger partial charge in [0.1, 0.15) is 0 Å². The Kier molecular flexibility index (Phi) is 2.29. The van der Waals surface area contributed by atoms with E-state index in [4.69, 9.17) is 0 Å². The Labute approximate surface area is 84.2 Å². The predicted octanol–water partition coefficient (Wildman–Crippen LogP) is 0.0419. The second-order valence-corrected chi connectivity index (χ2v) is 6.66. The van der Waals surface area contributed by atoms with Crippen molar-refractivity contribution in [3.63, 3.8) is 0 Å². The lowest BCUT2D eigenvalue weighted by Gasteiger charge is -2.38. The molecule has 1 saturated heterocycles. The Bertz CT molecular complexity index is 339. The first-order valence-corrected chi connectivity index (χ1v) is 6.76. The summed E-state index contributed by atoms with van der Waals surface area (Å²) >= 11 is 0. The molecule has 0 aromatic carbocycles. The molecule has 5 heteroatoms. The molecule has 2 fully saturated rings. The molecule has 0 radical (unpaired) electrons. The molecule has 1 heterocycles. The van der Waals surface area contributed by atoms with E-state index in [9.17, 15) is 13.2 Å². The highest BCUT2D eigenvalue weighted by atomic mass is 32.2. The van der Waals surface area contributed by atoms with Gasteiger partial charge < -0.3 is 4.90 Å². The number of hydrogen-bond acceptors (Lipinski definition) is 3. The van der Waals surface area contributed by atoms with Gasteiger partial charge >= 0.3 is 0 Å². The number of hydrogen-bond donors (Lipinski definition) is 0. The standard InChI is InChI=1S/C9H15NO3S/c1-2-14(12,13)8-5-10(6-8)9(11)7-3-4-7/h7-8H,2-6H2,1H3. The van der Waals surface area contributed by atoms with Gasteiger partial charge in [-0.2, -0.15) is 0 Å². The zero-order valence-electron chi connectivity index (χ0n) is 8.27. The third-order valence-corrected chi connectivity index (χ3v) is 5.12. The third kappa shape index (κ3) is 1.65. The van der Waals surface area contributed by atoms with Crippen molar-refractivity contribution in [1.82, 2.24) is 4.90 Å². The van der Waals surface area contributed by atoms with E-state index >= 15 is 0 Å². The molecule has 0 spiro atoms. The minimum atomic E-state index is -2.93. The first kappa shape index (κ1) is 9.96. The van der Waals surface area contributed by atoms with Crippen molar-refractivity contribution < 1.29 is 13.2 Å². The normalized spacial score (nSPS) is 23.4. The van der Waals surface area contributed by atoms with Crippen LogP contribution in [0.25, 0.3) is 0 Å². The van der Waals surface area contributed by atoms with E-state index in [0.717, 1.165) is 12.8 Å². The molecule has 0 aromatic heterocycles. The van der Waals surface area contributed by atoms with Crippen LogP contribution in [0.2, 0.25) is 0 Å². The molecule has 14 heavy (non-hydrogen) atoms. The molecule has 0 aromatic rings. The average molecular weight is 217 g/mol. The van der Waals surface area contributed by atoms with E-state index in [1.54, 1.807) is 11.8 Å². The molecule has 0 N–H and O–H groups in total. The number of nitrogens with zero attached hydrogens (tertiary/aromatic N) is 1. The van der Waals surface area contributed by atoms with Crippen molar-refractivity contribution in [2.45, 2.75) is 25.0 Å². The number of amides is 1. The lowest BCUT2D eigenvalue weighted by atomic mass is 10.2. The fourth-order valence-electron chi connectivity index (χ4n) is 1.67. The summed E-state index contributed by atoms with van der Waals surface area (Å²) in [6.45, 7) is 2.50. The minimum Gasteiger partial charge on any atom is -0.340 e. The van der Waals surface area contributed by atoms with Gasteiger partial charge in [0.15, 0.2) is 9.84 Å². The largest absolute Gasteiger partial charge is 0.340 e. The van der Waals surface area contributed by atoms with Crippen molar-refractivity contribution in [3.05, 3.63) is 0 Å². The van der Waals surface area contributed by atoms with Gasteiger partial charge in [0, 0.05) is 24.8 Å². The average Bonchev–Trinajstić information content (AvgIpc) is 2.82. The zero-order chi connectivity index (χ0) is 10.3. The van der Waals surface area contributed by atoms with Gasteiger partial charge in [-0.15, -0.1) is 0 Å². The van der Waals surface area contributed by atoms with Crippen LogP contribution in [0.3, 0.4) is 0 Å². The zero-order valence-corrected chi connectivity index (χ0v) is 9.09. The van der Waals surface area contributed by atoms with Gasteiger partial charge in [-0.25, -0.2) is 8.42 Å². The van der Waals surface area contributed by atoms with Crippen LogP contribution in [-0.4, -0.2) is 43.3 Å². The number of carbonyl (C=O) groups is 1. The summed E-state index contributed by atoms with van der Waals surface area (Å²) in [7, 11) is -2.93. The Hall–Kier alpha value is -0.580. The summed E-state index contributed by atoms with van der Waals surface area (Å²) < 4.78 is 22.8. The lowest BCUT2D eigenvalue weighted by Crippen LogP contribution is -2.57. The van der Waals surface area contributed by atoms with Crippen LogP contribution in [0.15, 0.2) is 0 Å². The second kappa shape index (κ2) is 3.22. The monoisotopic (exact) mass is 217 g/mol. The Morgan fingerprint density at radius 1 is 1.36 bits per heavy atom. The molecule has 1 aliphatic carbocycles. The Morgan fingerprint density at radius 3 is 2.36 bits per heavy atom. The van der Waals surface area contributed by atoms with Gasteiger partial charge in [-0.3, -0.25) is 4.79 Å². The molecule has 0 unspecified atom stereocenters. The third-order valence-electron chi connectivity index (χ3n) is 3.00. The van der Waals surface area contributed by atoms with Crippen molar-refractivity contribution >= 4 is 15.7 Å². The molecule has 0 bridgehead atoms. The van der Waals surface area contributed by atoms with E-state index in [1.807, 2.05) is 0 Å². The maximum atomic E-state index is 11.5. The molecule has 0 atom stereocenters. The number of likely N-dealkylation sites (tertiary alicyclic amines) is 1. The summed E-state index contributed by atoms with van der Waals surface area (Å²) in [4.78, 5) is 13.2. The van der Waals surface area contributed by atoms with Crippen molar-refractivity contribution in [1.29, 1.82) is 0 Å². The van der Waals surface area contributed by atoms with Crippen molar-refractivity contribution in [2.24, 2.45) is 5.92 Å². The van der Waals surface area contributed by atoms with Gasteiger partial charge in [0.25, 0.3) is 0 Å². The predicted molar refractivity (Wildman–Crippen MR) is 52.6 cm³/mol. The summed E-state index contributed by atoms with van der Waals surface area (Å²) in [6, 6.07) is 0. The van der Waals surface area contributed by atoms with E-state index in [1.165, 1.54) is 0 Å². The molecule has 1 saturated carbocycles. The van der Waals surface area contributed by atoms with Crippen LogP contribution in [0.1, 0.15) is 19.8 Å². The second-order valence-electron chi connectivity index (χ2n) is 4.09. The Balaban J connectivity index is 1.87. The molecule has 2 aliphatic rings. The summed E-state index contributed by atoms with van der Waals surface area (Å²) in [5.41, 5.74) is 0. The van der Waals surface area contributed by atoms with Crippen LogP contribution >= 0.6 is 0 Å². The number of rotatable bonds is 3. The van der Waals surface area contributed by atoms with Gasteiger partial charge in [-0.05, 0) is 12.8 Å². The molecule has 1 amide bonds.